The van der Waals surface area contributed by atoms with Crippen molar-refractivity contribution in [2.75, 3.05) is 6.61 Å². The third-order valence-electron chi connectivity index (χ3n) is 15.2. The SMILES string of the molecule is C=C(C)[C@@H]1CC[C@]2(N)CC[C@]3(C)[C@H](CC[C@@H]4[C@@H]5[C@@H](CC[C@]43C)C(C)(C)C(C3=CCC(CO)(C(=O)O)CC3)=C[C@@H]5C)[C@@H]12. The molecule has 0 aromatic heterocycles. The number of rotatable bonds is 4. The first-order chi connectivity index (χ1) is 19.2. The lowest BCUT2D eigenvalue weighted by Crippen LogP contribution is -2.66. The summed E-state index contributed by atoms with van der Waals surface area (Å²) >= 11 is 0. The predicted molar refractivity (Wildman–Crippen MR) is 166 cm³/mol. The first-order valence-electron chi connectivity index (χ1n) is 16.9. The van der Waals surface area contributed by atoms with Crippen LogP contribution in [0.15, 0.2) is 35.5 Å². The summed E-state index contributed by atoms with van der Waals surface area (Å²) in [7, 11) is 0. The van der Waals surface area contributed by atoms with Crippen LogP contribution in [0, 0.1) is 63.1 Å². The van der Waals surface area contributed by atoms with Crippen LogP contribution in [0.2, 0.25) is 0 Å². The van der Waals surface area contributed by atoms with E-state index < -0.39 is 11.4 Å². The molecule has 0 aromatic rings. The van der Waals surface area contributed by atoms with Crippen molar-refractivity contribution in [1.82, 2.24) is 0 Å². The molecule has 4 nitrogen and oxygen atoms in total. The lowest BCUT2D eigenvalue weighted by Gasteiger charge is -2.70. The van der Waals surface area contributed by atoms with Gasteiger partial charge in [-0.05, 0) is 146 Å². The van der Waals surface area contributed by atoms with Crippen molar-refractivity contribution in [3.63, 3.8) is 0 Å². The van der Waals surface area contributed by atoms with Gasteiger partial charge < -0.3 is 15.9 Å². The summed E-state index contributed by atoms with van der Waals surface area (Å²) in [6.45, 7) is 19.2. The fraction of sp³-hybridized carbons (Fsp3) is 0.811. The Balaban J connectivity index is 1.32. The zero-order valence-corrected chi connectivity index (χ0v) is 26.8. The van der Waals surface area contributed by atoms with Crippen LogP contribution in [0.4, 0.5) is 0 Å². The Labute approximate surface area is 249 Å². The molecule has 0 amide bonds. The minimum absolute atomic E-state index is 0.00786. The highest BCUT2D eigenvalue weighted by molar-refractivity contribution is 5.75. The lowest BCUT2D eigenvalue weighted by molar-refractivity contribution is -0.198. The normalized spacial score (nSPS) is 50.4. The number of nitrogens with two attached hydrogens (primary N) is 1. The van der Waals surface area contributed by atoms with Crippen LogP contribution in [0.3, 0.4) is 0 Å². The van der Waals surface area contributed by atoms with Crippen molar-refractivity contribution < 1.29 is 15.0 Å². The van der Waals surface area contributed by atoms with E-state index in [0.29, 0.717) is 59.2 Å². The molecule has 0 saturated heterocycles. The quantitative estimate of drug-likeness (QED) is 0.303. The molecular weight excluding hydrogens is 506 g/mol. The maximum atomic E-state index is 12.0. The van der Waals surface area contributed by atoms with Gasteiger partial charge in [-0.25, -0.2) is 0 Å². The third-order valence-corrected chi connectivity index (χ3v) is 15.2. The molecule has 4 N–H and O–H groups in total. The number of aliphatic carboxylic acids is 1. The molecule has 11 atom stereocenters. The standard InChI is InChI=1S/C37H57NO3/c1-22(2)25-12-17-37(38)19-18-35(7)28(31(25)37)9-8-27-30-23(3)20-29(33(4,5)26(30)13-14-34(27,35)6)24-10-15-36(21-39,16-11-24)32(40)41/h10,20,23,25-28,30-31,39H,1,8-9,11-19,21,38H2,2-7H3,(H,40,41)/t23-,25-,26+,27+,28+,30-,31+,34+,35+,36?,37-/m0/s1. The van der Waals surface area contributed by atoms with Gasteiger partial charge >= 0.3 is 5.97 Å². The van der Waals surface area contributed by atoms with Crippen LogP contribution in [-0.2, 0) is 4.79 Å². The van der Waals surface area contributed by atoms with Crippen molar-refractivity contribution in [2.24, 2.45) is 68.8 Å². The van der Waals surface area contributed by atoms with E-state index in [-0.39, 0.29) is 17.6 Å². The Morgan fingerprint density at radius 1 is 0.976 bits per heavy atom. The summed E-state index contributed by atoms with van der Waals surface area (Å²) in [6.07, 6.45) is 16.6. The number of aliphatic hydroxyl groups excluding tert-OH is 1. The van der Waals surface area contributed by atoms with Gasteiger partial charge in [0, 0.05) is 5.54 Å². The van der Waals surface area contributed by atoms with Gasteiger partial charge in [-0.1, -0.05) is 58.9 Å². The first kappa shape index (κ1) is 29.7. The zero-order valence-electron chi connectivity index (χ0n) is 26.8. The van der Waals surface area contributed by atoms with Gasteiger partial charge in [-0.15, -0.1) is 0 Å². The van der Waals surface area contributed by atoms with E-state index in [2.05, 4.69) is 60.3 Å². The molecule has 4 saturated carbocycles. The van der Waals surface area contributed by atoms with Gasteiger partial charge in [-0.3, -0.25) is 4.79 Å². The predicted octanol–water partition coefficient (Wildman–Crippen LogP) is 7.92. The molecule has 1 unspecified atom stereocenters. The molecule has 0 aliphatic heterocycles. The average Bonchev–Trinajstić information content (AvgIpc) is 3.28. The molecule has 0 spiro atoms. The van der Waals surface area contributed by atoms with Crippen molar-refractivity contribution in [3.05, 3.63) is 35.5 Å². The van der Waals surface area contributed by atoms with Gasteiger partial charge in [0.1, 0.15) is 0 Å². The molecule has 6 rings (SSSR count). The third kappa shape index (κ3) is 3.94. The monoisotopic (exact) mass is 563 g/mol. The maximum absolute atomic E-state index is 12.0. The van der Waals surface area contributed by atoms with Gasteiger partial charge in [0.2, 0.25) is 0 Å². The molecule has 228 valence electrons. The van der Waals surface area contributed by atoms with Crippen molar-refractivity contribution in [2.45, 2.75) is 118 Å². The molecule has 0 radical (unpaired) electrons. The largest absolute Gasteiger partial charge is 0.481 e. The van der Waals surface area contributed by atoms with E-state index in [1.165, 1.54) is 68.1 Å². The van der Waals surface area contributed by atoms with Crippen LogP contribution in [0.5, 0.6) is 0 Å². The number of allylic oxidation sites excluding steroid dienone is 5. The molecule has 4 fully saturated rings. The Morgan fingerprint density at radius 3 is 2.27 bits per heavy atom. The number of fused-ring (bicyclic) bond motifs is 7. The smallest absolute Gasteiger partial charge is 0.312 e. The van der Waals surface area contributed by atoms with Gasteiger partial charge in [0.25, 0.3) is 0 Å². The molecule has 41 heavy (non-hydrogen) atoms. The Kier molecular flexibility index (Phi) is 6.91. The second-order valence-electron chi connectivity index (χ2n) is 16.9. The lowest BCUT2D eigenvalue weighted by atomic mass is 9.35. The average molecular weight is 564 g/mol. The van der Waals surface area contributed by atoms with E-state index in [9.17, 15) is 15.0 Å². The zero-order chi connectivity index (χ0) is 29.8. The molecule has 4 heteroatoms. The molecular formula is C37H57NO3. The van der Waals surface area contributed by atoms with E-state index in [1.54, 1.807) is 0 Å². The van der Waals surface area contributed by atoms with Crippen LogP contribution < -0.4 is 5.73 Å². The Hall–Kier alpha value is -1.39. The molecule has 0 heterocycles. The summed E-state index contributed by atoms with van der Waals surface area (Å²) in [4.78, 5) is 12.0. The number of carbonyl (C=O) groups is 1. The number of aliphatic hydroxyl groups is 1. The van der Waals surface area contributed by atoms with Gasteiger partial charge in [0.05, 0.1) is 12.0 Å². The maximum Gasteiger partial charge on any atom is 0.312 e. The van der Waals surface area contributed by atoms with Crippen LogP contribution in [0.25, 0.3) is 0 Å². The van der Waals surface area contributed by atoms with E-state index in [0.717, 1.165) is 12.3 Å². The molecule has 6 aliphatic rings. The number of carboxylic acid groups (broad SMARTS) is 1. The summed E-state index contributed by atoms with van der Waals surface area (Å²) in [5, 5.41) is 19.7. The summed E-state index contributed by atoms with van der Waals surface area (Å²) in [5.74, 6) is 3.61. The molecule has 0 aromatic carbocycles. The highest BCUT2D eigenvalue weighted by atomic mass is 16.4. The second kappa shape index (κ2) is 9.55. The fourth-order valence-corrected chi connectivity index (χ4v) is 12.5. The van der Waals surface area contributed by atoms with E-state index >= 15 is 0 Å². The van der Waals surface area contributed by atoms with Crippen molar-refractivity contribution in [1.29, 1.82) is 0 Å². The fourth-order valence-electron chi connectivity index (χ4n) is 12.5. The minimum atomic E-state index is -1.01. The minimum Gasteiger partial charge on any atom is -0.481 e. The topological polar surface area (TPSA) is 83.5 Å². The van der Waals surface area contributed by atoms with Crippen molar-refractivity contribution in [3.8, 4) is 0 Å². The highest BCUT2D eigenvalue weighted by Gasteiger charge is 2.68. The summed E-state index contributed by atoms with van der Waals surface area (Å²) in [5.41, 5.74) is 11.2. The highest BCUT2D eigenvalue weighted by Crippen LogP contribution is 2.74. The Morgan fingerprint density at radius 2 is 1.66 bits per heavy atom. The van der Waals surface area contributed by atoms with Crippen LogP contribution >= 0.6 is 0 Å². The van der Waals surface area contributed by atoms with Gasteiger partial charge in [-0.2, -0.15) is 0 Å². The Bertz CT molecular complexity index is 1180. The van der Waals surface area contributed by atoms with Crippen LogP contribution in [0.1, 0.15) is 112 Å². The first-order valence-corrected chi connectivity index (χ1v) is 16.9. The van der Waals surface area contributed by atoms with Gasteiger partial charge in [0.15, 0.2) is 0 Å². The summed E-state index contributed by atoms with van der Waals surface area (Å²) < 4.78 is 0. The van der Waals surface area contributed by atoms with Crippen LogP contribution in [-0.4, -0.2) is 28.3 Å². The number of carboxylic acids is 1. The van der Waals surface area contributed by atoms with Crippen molar-refractivity contribution >= 4 is 5.97 Å². The second-order valence-corrected chi connectivity index (χ2v) is 16.9. The van der Waals surface area contributed by atoms with E-state index in [4.69, 9.17) is 5.73 Å². The summed E-state index contributed by atoms with van der Waals surface area (Å²) in [6, 6.07) is 0. The number of hydrogen-bond donors (Lipinski definition) is 3. The van der Waals surface area contributed by atoms with E-state index in [1.807, 2.05) is 0 Å². The molecule has 0 bridgehead atoms. The molecule has 6 aliphatic carbocycles. The number of hydrogen-bond acceptors (Lipinski definition) is 3.